The van der Waals surface area contributed by atoms with E-state index >= 15 is 0 Å². The molecular formula is C27H26N4O2. The number of hydrogen-bond acceptors (Lipinski definition) is 3. The summed E-state index contributed by atoms with van der Waals surface area (Å²) in [6.45, 7) is 3.50. The Kier molecular flexibility index (Phi) is 4.88. The van der Waals surface area contributed by atoms with Crippen LogP contribution < -0.4 is 5.32 Å². The fourth-order valence-corrected chi connectivity index (χ4v) is 5.30. The van der Waals surface area contributed by atoms with Crippen LogP contribution in [0.5, 0.6) is 0 Å². The fourth-order valence-electron chi connectivity index (χ4n) is 5.30. The van der Waals surface area contributed by atoms with Gasteiger partial charge in [0.1, 0.15) is 11.4 Å². The number of carbonyl (C=O) groups excluding carboxylic acids is 2. The van der Waals surface area contributed by atoms with Gasteiger partial charge in [0.05, 0.1) is 11.0 Å². The van der Waals surface area contributed by atoms with Gasteiger partial charge in [-0.25, -0.2) is 0 Å². The molecule has 4 heterocycles. The molecule has 33 heavy (non-hydrogen) atoms. The normalized spacial score (nSPS) is 17.1. The van der Waals surface area contributed by atoms with Crippen molar-refractivity contribution in [3.8, 4) is 0 Å². The zero-order valence-electron chi connectivity index (χ0n) is 18.5. The SMILES string of the molecule is O=C1NC(=O)C(n2cc(CCCN3CCCC3)c3ccccc32)=C1n1ccc2ccccc21. The topological polar surface area (TPSA) is 59.3 Å². The van der Waals surface area contributed by atoms with E-state index in [1.54, 1.807) is 0 Å². The van der Waals surface area contributed by atoms with E-state index in [0.29, 0.717) is 11.4 Å². The van der Waals surface area contributed by atoms with E-state index in [9.17, 15) is 9.59 Å². The first-order valence-corrected chi connectivity index (χ1v) is 11.7. The van der Waals surface area contributed by atoms with Gasteiger partial charge in [-0.15, -0.1) is 0 Å². The van der Waals surface area contributed by atoms with Crippen LogP contribution in [-0.2, 0) is 16.0 Å². The average molecular weight is 439 g/mol. The molecule has 2 aromatic heterocycles. The Morgan fingerprint density at radius 3 is 2.30 bits per heavy atom. The van der Waals surface area contributed by atoms with Crippen LogP contribution in [0.3, 0.4) is 0 Å². The molecule has 6 heteroatoms. The summed E-state index contributed by atoms with van der Waals surface area (Å²) in [4.78, 5) is 28.5. The standard InChI is InChI=1S/C27H26N4O2/c32-26-24(30-17-13-19-8-1-3-11-22(19)30)25(27(33)28-26)31-18-20(21-10-2-4-12-23(21)31)9-7-16-29-14-5-6-15-29/h1-4,8,10-13,17-18H,5-7,9,14-16H2,(H,28,32,33). The summed E-state index contributed by atoms with van der Waals surface area (Å²) in [6, 6.07) is 18.0. The Balaban J connectivity index is 1.45. The number of amides is 2. The molecule has 0 atom stereocenters. The highest BCUT2D eigenvalue weighted by molar-refractivity contribution is 6.44. The molecule has 2 aliphatic rings. The van der Waals surface area contributed by atoms with Crippen molar-refractivity contribution in [2.24, 2.45) is 0 Å². The first kappa shape index (κ1) is 20.0. The number of nitrogens with one attached hydrogen (secondary N) is 1. The van der Waals surface area contributed by atoms with E-state index in [0.717, 1.165) is 41.2 Å². The Morgan fingerprint density at radius 2 is 1.48 bits per heavy atom. The Hall–Kier alpha value is -3.64. The molecule has 166 valence electrons. The Labute approximate surface area is 192 Å². The lowest BCUT2D eigenvalue weighted by Crippen LogP contribution is -2.24. The summed E-state index contributed by atoms with van der Waals surface area (Å²) >= 11 is 0. The van der Waals surface area contributed by atoms with E-state index < -0.39 is 0 Å². The van der Waals surface area contributed by atoms with Gasteiger partial charge in [0.15, 0.2) is 0 Å². The molecule has 0 bridgehead atoms. The minimum absolute atomic E-state index is 0.364. The third-order valence-corrected chi connectivity index (χ3v) is 6.88. The van der Waals surface area contributed by atoms with E-state index in [1.165, 1.54) is 31.5 Å². The molecule has 0 radical (unpaired) electrons. The lowest BCUT2D eigenvalue weighted by Gasteiger charge is -2.13. The van der Waals surface area contributed by atoms with Gasteiger partial charge in [0, 0.05) is 17.8 Å². The van der Waals surface area contributed by atoms with E-state index in [-0.39, 0.29) is 11.8 Å². The molecule has 4 aromatic rings. The third kappa shape index (κ3) is 3.38. The zero-order chi connectivity index (χ0) is 22.4. The quantitative estimate of drug-likeness (QED) is 0.461. The summed E-state index contributed by atoms with van der Waals surface area (Å²) in [5.74, 6) is -0.734. The van der Waals surface area contributed by atoms with Crippen LogP contribution in [0.1, 0.15) is 24.8 Å². The first-order valence-electron chi connectivity index (χ1n) is 11.7. The van der Waals surface area contributed by atoms with Crippen molar-refractivity contribution in [3.63, 3.8) is 0 Å². The van der Waals surface area contributed by atoms with Crippen molar-refractivity contribution < 1.29 is 9.59 Å². The smallest absolute Gasteiger partial charge is 0.277 e. The van der Waals surface area contributed by atoms with Gasteiger partial charge in [-0.1, -0.05) is 36.4 Å². The van der Waals surface area contributed by atoms with E-state index in [4.69, 9.17) is 0 Å². The molecule has 1 saturated heterocycles. The van der Waals surface area contributed by atoms with Crippen molar-refractivity contribution in [2.75, 3.05) is 19.6 Å². The molecule has 6 nitrogen and oxygen atoms in total. The van der Waals surface area contributed by atoms with Gasteiger partial charge in [-0.3, -0.25) is 14.9 Å². The maximum absolute atomic E-state index is 13.0. The van der Waals surface area contributed by atoms with Crippen LogP contribution in [0.15, 0.2) is 67.0 Å². The molecule has 0 unspecified atom stereocenters. The number of hydrogen-bond donors (Lipinski definition) is 1. The molecule has 0 aliphatic carbocycles. The molecule has 2 aliphatic heterocycles. The highest BCUT2D eigenvalue weighted by atomic mass is 16.2. The summed E-state index contributed by atoms with van der Waals surface area (Å²) in [6.07, 6.45) is 8.53. The molecule has 2 amide bonds. The van der Waals surface area contributed by atoms with Crippen LogP contribution in [0.2, 0.25) is 0 Å². The second-order valence-electron chi connectivity index (χ2n) is 8.92. The largest absolute Gasteiger partial charge is 0.310 e. The number of likely N-dealkylation sites (tertiary alicyclic amines) is 1. The van der Waals surface area contributed by atoms with Gasteiger partial charge in [0.2, 0.25) is 0 Å². The van der Waals surface area contributed by atoms with Gasteiger partial charge in [0.25, 0.3) is 11.8 Å². The Morgan fingerprint density at radius 1 is 0.788 bits per heavy atom. The maximum atomic E-state index is 13.0. The maximum Gasteiger partial charge on any atom is 0.277 e. The second-order valence-corrected chi connectivity index (χ2v) is 8.92. The lowest BCUT2D eigenvalue weighted by molar-refractivity contribution is -0.123. The number of aromatic nitrogens is 2. The number of fused-ring (bicyclic) bond motifs is 2. The zero-order valence-corrected chi connectivity index (χ0v) is 18.5. The van der Waals surface area contributed by atoms with Crippen molar-refractivity contribution in [1.29, 1.82) is 0 Å². The number of carbonyl (C=O) groups is 2. The molecule has 0 spiro atoms. The molecule has 6 rings (SSSR count). The number of rotatable bonds is 6. The summed E-state index contributed by atoms with van der Waals surface area (Å²) in [7, 11) is 0. The van der Waals surface area contributed by atoms with Crippen LogP contribution in [0, 0.1) is 0 Å². The van der Waals surface area contributed by atoms with Crippen LogP contribution >= 0.6 is 0 Å². The number of benzene rings is 2. The minimum atomic E-state index is -0.371. The molecule has 1 fully saturated rings. The number of imide groups is 1. The molecular weight excluding hydrogens is 412 g/mol. The number of aryl methyl sites for hydroxylation is 1. The van der Waals surface area contributed by atoms with Gasteiger partial charge < -0.3 is 14.0 Å². The van der Waals surface area contributed by atoms with Crippen LogP contribution in [0.25, 0.3) is 33.2 Å². The van der Waals surface area contributed by atoms with Crippen molar-refractivity contribution in [1.82, 2.24) is 19.4 Å². The summed E-state index contributed by atoms with van der Waals surface area (Å²) < 4.78 is 3.73. The highest BCUT2D eigenvalue weighted by Crippen LogP contribution is 2.32. The lowest BCUT2D eigenvalue weighted by atomic mass is 10.1. The van der Waals surface area contributed by atoms with Crippen molar-refractivity contribution >= 4 is 45.0 Å². The van der Waals surface area contributed by atoms with Gasteiger partial charge in [-0.05, 0) is 74.5 Å². The Bertz CT molecular complexity index is 1420. The van der Waals surface area contributed by atoms with Gasteiger partial charge >= 0.3 is 0 Å². The molecule has 1 N–H and O–H groups in total. The van der Waals surface area contributed by atoms with Crippen LogP contribution in [-0.4, -0.2) is 45.5 Å². The van der Waals surface area contributed by atoms with E-state index in [1.807, 2.05) is 70.1 Å². The predicted octanol–water partition coefficient (Wildman–Crippen LogP) is 4.11. The van der Waals surface area contributed by atoms with Crippen molar-refractivity contribution in [3.05, 3.63) is 72.6 Å². The minimum Gasteiger partial charge on any atom is -0.310 e. The average Bonchev–Trinajstić information content (AvgIpc) is 3.60. The van der Waals surface area contributed by atoms with Crippen LogP contribution in [0.4, 0.5) is 0 Å². The monoisotopic (exact) mass is 438 g/mol. The first-order chi connectivity index (χ1) is 16.2. The molecule has 2 aromatic carbocycles. The van der Waals surface area contributed by atoms with E-state index in [2.05, 4.69) is 16.3 Å². The fraction of sp³-hybridized carbons (Fsp3) is 0.259. The number of para-hydroxylation sites is 2. The van der Waals surface area contributed by atoms with Crippen molar-refractivity contribution in [2.45, 2.75) is 25.7 Å². The highest BCUT2D eigenvalue weighted by Gasteiger charge is 2.34. The summed E-state index contributed by atoms with van der Waals surface area (Å²) in [5.41, 5.74) is 3.80. The second kappa shape index (κ2) is 8.05. The number of nitrogens with zero attached hydrogens (tertiary/aromatic N) is 3. The van der Waals surface area contributed by atoms with Gasteiger partial charge in [-0.2, -0.15) is 0 Å². The third-order valence-electron chi connectivity index (χ3n) is 6.88. The summed E-state index contributed by atoms with van der Waals surface area (Å²) in [5, 5.41) is 4.68. The molecule has 0 saturated carbocycles. The predicted molar refractivity (Wildman–Crippen MR) is 130 cm³/mol.